The highest BCUT2D eigenvalue weighted by molar-refractivity contribution is 5.97. The number of carbonyl (C=O) groups excluding carboxylic acids is 1. The fourth-order valence-corrected chi connectivity index (χ4v) is 4.05. The van der Waals surface area contributed by atoms with Crippen LogP contribution in [0.4, 0.5) is 0 Å². The Kier molecular flexibility index (Phi) is 6.70. The Morgan fingerprint density at radius 3 is 2.29 bits per heavy atom. The first-order valence-electron chi connectivity index (χ1n) is 9.99. The van der Waals surface area contributed by atoms with Crippen LogP contribution in [0, 0.1) is 23.2 Å². The SMILES string of the molecule is N#C/C(=C/N1CCC(Cc2ccccc2)CC1)C(=O)N1CCC(C(=O)O)CC1. The molecule has 0 saturated carbocycles. The number of likely N-dealkylation sites (tertiary alicyclic amines) is 2. The molecule has 2 saturated heterocycles. The zero-order valence-corrected chi connectivity index (χ0v) is 16.1. The van der Waals surface area contributed by atoms with Gasteiger partial charge in [0.2, 0.25) is 0 Å². The zero-order valence-electron chi connectivity index (χ0n) is 16.1. The number of nitrogens with zero attached hydrogens (tertiary/aromatic N) is 3. The van der Waals surface area contributed by atoms with Gasteiger partial charge in [-0.1, -0.05) is 30.3 Å². The van der Waals surface area contributed by atoms with E-state index in [4.69, 9.17) is 5.11 Å². The van der Waals surface area contributed by atoms with E-state index in [0.717, 1.165) is 32.4 Å². The van der Waals surface area contributed by atoms with E-state index in [9.17, 15) is 14.9 Å². The summed E-state index contributed by atoms with van der Waals surface area (Å²) in [6, 6.07) is 12.5. The van der Waals surface area contributed by atoms with E-state index in [1.165, 1.54) is 5.56 Å². The Labute approximate surface area is 166 Å². The maximum Gasteiger partial charge on any atom is 0.306 e. The Balaban J connectivity index is 1.52. The van der Waals surface area contributed by atoms with Crippen LogP contribution >= 0.6 is 0 Å². The van der Waals surface area contributed by atoms with Crippen molar-refractivity contribution in [1.82, 2.24) is 9.80 Å². The second-order valence-electron chi connectivity index (χ2n) is 7.73. The molecular formula is C22H27N3O3. The number of piperidine rings is 2. The van der Waals surface area contributed by atoms with E-state index in [0.29, 0.717) is 31.8 Å². The molecule has 2 fully saturated rings. The van der Waals surface area contributed by atoms with Gasteiger partial charge in [0.1, 0.15) is 11.6 Å². The third-order valence-corrected chi connectivity index (χ3v) is 5.81. The molecule has 2 aliphatic rings. The number of carboxylic acid groups (broad SMARTS) is 1. The molecule has 1 aromatic rings. The van der Waals surface area contributed by atoms with Crippen LogP contribution in [0.25, 0.3) is 0 Å². The minimum Gasteiger partial charge on any atom is -0.481 e. The Morgan fingerprint density at radius 2 is 1.71 bits per heavy atom. The fraction of sp³-hybridized carbons (Fsp3) is 0.500. The number of hydrogen-bond donors (Lipinski definition) is 1. The molecule has 1 N–H and O–H groups in total. The van der Waals surface area contributed by atoms with Crippen molar-refractivity contribution < 1.29 is 14.7 Å². The number of benzene rings is 1. The highest BCUT2D eigenvalue weighted by Gasteiger charge is 2.29. The van der Waals surface area contributed by atoms with Gasteiger partial charge in [0.25, 0.3) is 5.91 Å². The van der Waals surface area contributed by atoms with Gasteiger partial charge in [0, 0.05) is 32.4 Å². The molecule has 0 aliphatic carbocycles. The van der Waals surface area contributed by atoms with Crippen LogP contribution in [0.2, 0.25) is 0 Å². The molecule has 2 aliphatic heterocycles. The highest BCUT2D eigenvalue weighted by Crippen LogP contribution is 2.23. The molecule has 2 heterocycles. The minimum atomic E-state index is -0.804. The van der Waals surface area contributed by atoms with Gasteiger partial charge in [0.15, 0.2) is 0 Å². The first-order valence-corrected chi connectivity index (χ1v) is 9.99. The largest absolute Gasteiger partial charge is 0.481 e. The summed E-state index contributed by atoms with van der Waals surface area (Å²) in [5.41, 5.74) is 1.50. The summed E-state index contributed by atoms with van der Waals surface area (Å²) in [6.45, 7) is 2.48. The minimum absolute atomic E-state index is 0.148. The lowest BCUT2D eigenvalue weighted by Gasteiger charge is -2.32. The van der Waals surface area contributed by atoms with E-state index >= 15 is 0 Å². The molecule has 0 spiro atoms. The molecule has 0 atom stereocenters. The van der Waals surface area contributed by atoms with Crippen molar-refractivity contribution in [2.45, 2.75) is 32.1 Å². The maximum absolute atomic E-state index is 12.6. The van der Waals surface area contributed by atoms with Gasteiger partial charge in [-0.25, -0.2) is 0 Å². The summed E-state index contributed by atoms with van der Waals surface area (Å²) in [5, 5.41) is 18.5. The molecule has 0 radical (unpaired) electrons. The van der Waals surface area contributed by atoms with Crippen molar-refractivity contribution in [3.05, 3.63) is 47.7 Å². The highest BCUT2D eigenvalue weighted by atomic mass is 16.4. The van der Waals surface area contributed by atoms with Crippen molar-refractivity contribution in [2.24, 2.45) is 11.8 Å². The quantitative estimate of drug-likeness (QED) is 0.626. The molecule has 1 amide bonds. The third kappa shape index (κ3) is 5.13. The van der Waals surface area contributed by atoms with Crippen molar-refractivity contribution in [1.29, 1.82) is 5.26 Å². The molecule has 28 heavy (non-hydrogen) atoms. The second-order valence-corrected chi connectivity index (χ2v) is 7.73. The first-order chi connectivity index (χ1) is 13.6. The molecule has 148 valence electrons. The summed E-state index contributed by atoms with van der Waals surface area (Å²) in [6.07, 6.45) is 5.76. The summed E-state index contributed by atoms with van der Waals surface area (Å²) >= 11 is 0. The third-order valence-electron chi connectivity index (χ3n) is 5.81. The molecule has 0 unspecified atom stereocenters. The average molecular weight is 381 g/mol. The van der Waals surface area contributed by atoms with E-state index in [1.54, 1.807) is 11.1 Å². The number of nitriles is 1. The van der Waals surface area contributed by atoms with Gasteiger partial charge in [-0.15, -0.1) is 0 Å². The predicted octanol–water partition coefficient (Wildman–Crippen LogP) is 2.67. The standard InChI is InChI=1S/C22H27N3O3/c23-15-20(21(26)25-12-8-19(9-13-25)22(27)28)16-24-10-6-18(7-11-24)14-17-4-2-1-3-5-17/h1-5,16,18-19H,6-14H2,(H,27,28)/b20-16-. The maximum atomic E-state index is 12.6. The number of aliphatic carboxylic acids is 1. The summed E-state index contributed by atoms with van der Waals surface area (Å²) in [7, 11) is 0. The van der Waals surface area contributed by atoms with Gasteiger partial charge in [-0.05, 0) is 43.6 Å². The zero-order chi connectivity index (χ0) is 19.9. The van der Waals surface area contributed by atoms with Gasteiger partial charge >= 0.3 is 5.97 Å². The topological polar surface area (TPSA) is 84.6 Å². The molecule has 0 bridgehead atoms. The van der Waals surface area contributed by atoms with Crippen LogP contribution in [-0.4, -0.2) is 53.0 Å². The Morgan fingerprint density at radius 1 is 1.07 bits per heavy atom. The number of amides is 1. The van der Waals surface area contributed by atoms with Crippen LogP contribution in [0.1, 0.15) is 31.2 Å². The van der Waals surface area contributed by atoms with Crippen LogP contribution in [0.3, 0.4) is 0 Å². The number of rotatable bonds is 5. The van der Waals surface area contributed by atoms with Gasteiger partial charge in [0.05, 0.1) is 5.92 Å². The molecule has 6 heteroatoms. The first kappa shape index (κ1) is 19.9. The van der Waals surface area contributed by atoms with Crippen LogP contribution in [0.15, 0.2) is 42.1 Å². The van der Waals surface area contributed by atoms with Crippen molar-refractivity contribution in [3.63, 3.8) is 0 Å². The van der Waals surface area contributed by atoms with Crippen molar-refractivity contribution in [2.75, 3.05) is 26.2 Å². The summed E-state index contributed by atoms with van der Waals surface area (Å²) < 4.78 is 0. The normalized spacial score (nSPS) is 19.3. The molecule has 6 nitrogen and oxygen atoms in total. The lowest BCUT2D eigenvalue weighted by Crippen LogP contribution is -2.41. The van der Waals surface area contributed by atoms with E-state index < -0.39 is 5.97 Å². The molecule has 0 aromatic heterocycles. The van der Waals surface area contributed by atoms with Crippen molar-refractivity contribution >= 4 is 11.9 Å². The molecule has 3 rings (SSSR count). The lowest BCUT2D eigenvalue weighted by molar-refractivity contribution is -0.145. The van der Waals surface area contributed by atoms with Crippen LogP contribution < -0.4 is 0 Å². The molecular weight excluding hydrogens is 354 g/mol. The van der Waals surface area contributed by atoms with E-state index in [-0.39, 0.29) is 17.4 Å². The second kappa shape index (κ2) is 9.41. The van der Waals surface area contributed by atoms with E-state index in [2.05, 4.69) is 29.2 Å². The number of carboxylic acids is 1. The van der Waals surface area contributed by atoms with E-state index in [1.807, 2.05) is 12.1 Å². The smallest absolute Gasteiger partial charge is 0.306 e. The Hall–Kier alpha value is -2.81. The van der Waals surface area contributed by atoms with Crippen LogP contribution in [0.5, 0.6) is 0 Å². The number of carbonyl (C=O) groups is 2. The average Bonchev–Trinajstić information content (AvgIpc) is 2.73. The summed E-state index contributed by atoms with van der Waals surface area (Å²) in [5.74, 6) is -0.843. The molecule has 1 aromatic carbocycles. The number of hydrogen-bond acceptors (Lipinski definition) is 4. The van der Waals surface area contributed by atoms with Crippen LogP contribution in [-0.2, 0) is 16.0 Å². The monoisotopic (exact) mass is 381 g/mol. The van der Waals surface area contributed by atoms with Gasteiger partial charge in [-0.2, -0.15) is 5.26 Å². The Bertz CT molecular complexity index is 753. The van der Waals surface area contributed by atoms with Gasteiger partial charge < -0.3 is 14.9 Å². The fourth-order valence-electron chi connectivity index (χ4n) is 4.05. The van der Waals surface area contributed by atoms with Gasteiger partial charge in [-0.3, -0.25) is 9.59 Å². The van der Waals surface area contributed by atoms with Crippen molar-refractivity contribution in [3.8, 4) is 6.07 Å². The lowest BCUT2D eigenvalue weighted by atomic mass is 9.90. The predicted molar refractivity (Wildman–Crippen MR) is 105 cm³/mol. The summed E-state index contributed by atoms with van der Waals surface area (Å²) in [4.78, 5) is 27.4.